The minimum absolute atomic E-state index is 0.00933. The van der Waals surface area contributed by atoms with Gasteiger partial charge >= 0.3 is 12.4 Å². The first-order chi connectivity index (χ1) is 50.1. The lowest BCUT2D eigenvalue weighted by molar-refractivity contribution is -0.219. The van der Waals surface area contributed by atoms with Gasteiger partial charge in [-0.15, -0.1) is 0 Å². The van der Waals surface area contributed by atoms with Crippen molar-refractivity contribution in [3.8, 4) is 0 Å². The number of likely N-dealkylation sites (N-methyl/N-ethyl adjacent to an activating group) is 6. The second-order valence-electron chi connectivity index (χ2n) is 33.2. The van der Waals surface area contributed by atoms with E-state index < -0.39 is 217 Å². The lowest BCUT2D eigenvalue weighted by atomic mass is 9.58. The molecule has 11 amide bonds. The Morgan fingerprint density at radius 3 is 1.76 bits per heavy atom. The van der Waals surface area contributed by atoms with Crippen LogP contribution in [0.4, 0.5) is 35.1 Å². The SMILES string of the molecule is CCO[C@@H]1C[C@H]2C(=O)NC3(CC(C)(C)C3)C(=O)N(C)[C@@H](C3CCCC3)C(=O)N(C)[C@H](CC)CC(=O)N(C)[C@@H](CC3CC3)C(=O)N[C@@H]([C@@H](C)CC)C(=O)N(C)CC(=O)N(C)[C@H]3C/C=C\CCN(C3=O)[C@@H](CC3CCC(C(F)(F)F)CC3)C(=O)N(C)CC(=O)N[C@@H](CCC3CC(F)C(C(F)(F)F)C(F)C3)C(=O)N2C1. The Bertz CT molecular complexity index is 3200. The van der Waals surface area contributed by atoms with Crippen molar-refractivity contribution in [1.29, 1.82) is 0 Å². The summed E-state index contributed by atoms with van der Waals surface area (Å²) in [5.74, 6) is -14.8. The number of hydrogen-bond acceptors (Lipinski definition) is 12. The summed E-state index contributed by atoms with van der Waals surface area (Å²) in [6.07, 6.45) is -10.3. The van der Waals surface area contributed by atoms with Gasteiger partial charge in [-0.1, -0.05) is 78.9 Å². The first-order valence-corrected chi connectivity index (χ1v) is 38.9. The van der Waals surface area contributed by atoms with Gasteiger partial charge < -0.3 is 59.9 Å². The molecule has 5 saturated carbocycles. The number of ether oxygens (including phenoxy) is 1. The molecule has 0 aromatic heterocycles. The lowest BCUT2D eigenvalue weighted by Gasteiger charge is -2.54. The Kier molecular flexibility index (Phi) is 28.9. The molecule has 0 aromatic carbocycles. The fraction of sp³-hybridized carbons (Fsp3) is 0.829. The highest BCUT2D eigenvalue weighted by Gasteiger charge is 2.60. The lowest BCUT2D eigenvalue weighted by Crippen LogP contribution is -2.71. The zero-order valence-corrected chi connectivity index (χ0v) is 64.6. The van der Waals surface area contributed by atoms with E-state index in [-0.39, 0.29) is 121 Å². The molecule has 0 aromatic rings. The summed E-state index contributed by atoms with van der Waals surface area (Å²) in [4.78, 5) is 177. The number of alkyl halides is 8. The van der Waals surface area contributed by atoms with Crippen molar-refractivity contribution in [2.24, 2.45) is 46.8 Å². The zero-order valence-electron chi connectivity index (χ0n) is 64.6. The Morgan fingerprint density at radius 1 is 0.598 bits per heavy atom. The summed E-state index contributed by atoms with van der Waals surface area (Å²) in [7, 11) is 8.53. The van der Waals surface area contributed by atoms with E-state index in [9.17, 15) is 50.3 Å². The normalized spacial score (nSPS) is 33.4. The van der Waals surface area contributed by atoms with Crippen molar-refractivity contribution in [2.75, 3.05) is 75.1 Å². The molecule has 107 heavy (non-hydrogen) atoms. The van der Waals surface area contributed by atoms with E-state index in [1.807, 2.05) is 27.7 Å². The molecule has 5 aliphatic carbocycles. The van der Waals surface area contributed by atoms with Crippen LogP contribution in [0.5, 0.6) is 0 Å². The highest BCUT2D eigenvalue weighted by Crippen LogP contribution is 2.50. The molecule has 3 N–H and O–H groups in total. The van der Waals surface area contributed by atoms with Gasteiger partial charge in [0.15, 0.2) is 0 Å². The molecule has 23 nitrogen and oxygen atoms in total. The largest absolute Gasteiger partial charge is 0.397 e. The minimum Gasteiger partial charge on any atom is -0.377 e. The van der Waals surface area contributed by atoms with Crippen LogP contribution in [0.3, 0.4) is 0 Å². The third kappa shape index (κ3) is 20.9. The second kappa shape index (κ2) is 36.0. The smallest absolute Gasteiger partial charge is 0.377 e. The molecule has 31 heteroatoms. The number of halogens is 8. The van der Waals surface area contributed by atoms with Gasteiger partial charge in [-0.3, -0.25) is 52.7 Å². The van der Waals surface area contributed by atoms with Crippen LogP contribution in [-0.2, 0) is 57.5 Å². The van der Waals surface area contributed by atoms with Gasteiger partial charge in [0.25, 0.3) is 0 Å². The average Bonchev–Trinajstić information content (AvgIpc) is 1.08. The first kappa shape index (κ1) is 85.9. The fourth-order valence-electron chi connectivity index (χ4n) is 18.1. The Morgan fingerprint density at radius 2 is 1.20 bits per heavy atom. The van der Waals surface area contributed by atoms with Crippen molar-refractivity contribution in [3.05, 3.63) is 12.2 Å². The van der Waals surface area contributed by atoms with Gasteiger partial charge in [-0.05, 0) is 151 Å². The fourth-order valence-corrected chi connectivity index (χ4v) is 18.1. The van der Waals surface area contributed by atoms with E-state index in [1.165, 1.54) is 54.8 Å². The topological polar surface area (TPSA) is 259 Å². The number of hydrogen-bond donors (Lipinski definition) is 3. The molecule has 0 radical (unpaired) electrons. The van der Waals surface area contributed by atoms with Crippen molar-refractivity contribution in [1.82, 2.24) is 55.1 Å². The number of carbonyl (C=O) groups is 11. The molecule has 8 aliphatic rings. The average molecular weight is 1530 g/mol. The zero-order chi connectivity index (χ0) is 79.1. The molecule has 8 rings (SSSR count). The molecule has 12 atom stereocenters. The van der Waals surface area contributed by atoms with Gasteiger partial charge in [0, 0.05) is 80.9 Å². The Labute approximate surface area is 624 Å². The van der Waals surface area contributed by atoms with Crippen LogP contribution in [-0.4, -0.2) is 264 Å². The second-order valence-corrected chi connectivity index (χ2v) is 33.2. The quantitative estimate of drug-likeness (QED) is 0.117. The predicted molar refractivity (Wildman–Crippen MR) is 380 cm³/mol. The molecule has 7 fully saturated rings. The van der Waals surface area contributed by atoms with Crippen molar-refractivity contribution < 1.29 is 92.6 Å². The van der Waals surface area contributed by atoms with E-state index in [0.29, 0.717) is 19.3 Å². The minimum atomic E-state index is -5.21. The van der Waals surface area contributed by atoms with Crippen LogP contribution >= 0.6 is 0 Å². The van der Waals surface area contributed by atoms with E-state index in [2.05, 4.69) is 16.0 Å². The van der Waals surface area contributed by atoms with Crippen molar-refractivity contribution >= 4 is 65.0 Å². The maximum Gasteiger partial charge on any atom is 0.397 e. The number of rotatable bonds is 13. The summed E-state index contributed by atoms with van der Waals surface area (Å²) in [6.45, 7) is 9.10. The predicted octanol–water partition coefficient (Wildman–Crippen LogP) is 8.06. The highest BCUT2D eigenvalue weighted by atomic mass is 19.4. The molecular weight excluding hydrogens is 1410 g/mol. The third-order valence-corrected chi connectivity index (χ3v) is 24.7. The van der Waals surface area contributed by atoms with Gasteiger partial charge in [0.2, 0.25) is 65.0 Å². The summed E-state index contributed by atoms with van der Waals surface area (Å²) in [5, 5.41) is 8.61. The number of nitrogens with zero attached hydrogens (tertiary/aromatic N) is 8. The molecule has 1 spiro atoms. The van der Waals surface area contributed by atoms with Gasteiger partial charge in [0.05, 0.1) is 25.1 Å². The van der Waals surface area contributed by atoms with E-state index in [0.717, 1.165) is 45.3 Å². The molecule has 604 valence electrons. The molecule has 2 saturated heterocycles. The maximum absolute atomic E-state index is 15.7. The van der Waals surface area contributed by atoms with Gasteiger partial charge in [-0.2, -0.15) is 26.3 Å². The Balaban J connectivity index is 1.19. The van der Waals surface area contributed by atoms with E-state index in [4.69, 9.17) is 4.74 Å². The van der Waals surface area contributed by atoms with Gasteiger partial charge in [0.1, 0.15) is 66.1 Å². The molecule has 3 heterocycles. The molecule has 2 bridgehead atoms. The van der Waals surface area contributed by atoms with Crippen LogP contribution in [0, 0.1) is 46.8 Å². The summed E-state index contributed by atoms with van der Waals surface area (Å²) in [6, 6.07) is -10.1. The van der Waals surface area contributed by atoms with Crippen molar-refractivity contribution in [2.45, 2.75) is 280 Å². The highest BCUT2D eigenvalue weighted by molar-refractivity contribution is 6.00. The van der Waals surface area contributed by atoms with Crippen LogP contribution < -0.4 is 16.0 Å². The molecule has 2 unspecified atom stereocenters. The molecule has 3 aliphatic heterocycles. The number of carbonyl (C=O) groups excluding carboxylic acids is 11. The monoisotopic (exact) mass is 1530 g/mol. The standard InChI is InChI=1S/C76H117F8N11O12/c1-13-44(4)63-70(104)89(8)41-61(98)91(10)55-23-17-16-20-32-94(69(55)103)58(36-46-26-29-49(30-27-46)75(79,80)81)68(102)88(7)40-59(96)85-54(31-28-47-33-52(77)62(53(78)34-47)76(82,83)84)67(101)95-39-51(107-15-3)38-57(95)66(100)87-74(42-73(5,6)43-74)72(106)93(12)64(48-21-18-19-22-48)71(105)90(9)50(14-2)37-60(97)92(11)56(65(99)86-63)35-45-24-25-45/h16-17,44-58,62-64H,13-15,18-43H2,1-12H3,(H,85,96)(H,86,99)(H,87,100)/b17-16-/t44-,46?,47?,49?,50+,51+,52?,53?,54-,55-,56-,57-,58-,62?,63-,64-/m0/s1. The summed E-state index contributed by atoms with van der Waals surface area (Å²) < 4.78 is 121. The van der Waals surface area contributed by atoms with E-state index in [1.54, 1.807) is 33.0 Å². The van der Waals surface area contributed by atoms with Crippen LogP contribution in [0.25, 0.3) is 0 Å². The van der Waals surface area contributed by atoms with Crippen LogP contribution in [0.15, 0.2) is 12.2 Å². The van der Waals surface area contributed by atoms with E-state index >= 15 is 37.5 Å². The van der Waals surface area contributed by atoms with Crippen LogP contribution in [0.1, 0.15) is 196 Å². The Hall–Kier alpha value is -6.69. The van der Waals surface area contributed by atoms with Crippen LogP contribution in [0.2, 0.25) is 0 Å². The number of nitrogens with one attached hydrogen (secondary N) is 3. The number of amides is 11. The summed E-state index contributed by atoms with van der Waals surface area (Å²) in [5.41, 5.74) is -2.21. The van der Waals surface area contributed by atoms with Crippen molar-refractivity contribution in [3.63, 3.8) is 0 Å². The number of fused-ring (bicyclic) bond motifs is 3. The third-order valence-electron chi connectivity index (χ3n) is 24.7. The first-order valence-electron chi connectivity index (χ1n) is 38.9. The summed E-state index contributed by atoms with van der Waals surface area (Å²) >= 11 is 0. The molecular formula is C76H117F8N11O12. The maximum atomic E-state index is 15.7. The van der Waals surface area contributed by atoms with Gasteiger partial charge in [-0.25, -0.2) is 8.78 Å².